The van der Waals surface area contributed by atoms with E-state index in [1.54, 1.807) is 16.9 Å². The molecule has 6 heteroatoms. The van der Waals surface area contributed by atoms with E-state index in [4.69, 9.17) is 0 Å². The molecule has 0 fully saturated rings. The Morgan fingerprint density at radius 3 is 2.94 bits per heavy atom. The van der Waals surface area contributed by atoms with Crippen LogP contribution in [0.15, 0.2) is 35.1 Å². The van der Waals surface area contributed by atoms with Crippen molar-refractivity contribution in [2.75, 3.05) is 5.32 Å². The zero-order chi connectivity index (χ0) is 13.1. The Kier molecular flexibility index (Phi) is 3.76. The molecule has 1 heterocycles. The first kappa shape index (κ1) is 12.8. The Morgan fingerprint density at radius 2 is 2.33 bits per heavy atom. The number of carbonyl (C=O) groups excluding carboxylic acids is 1. The van der Waals surface area contributed by atoms with Crippen molar-refractivity contribution in [3.63, 3.8) is 0 Å². The summed E-state index contributed by atoms with van der Waals surface area (Å²) in [6.45, 7) is 2.65. The van der Waals surface area contributed by atoms with Crippen molar-refractivity contribution >= 4 is 27.5 Å². The molecule has 1 aromatic carbocycles. The van der Waals surface area contributed by atoms with Crippen molar-refractivity contribution in [3.05, 3.63) is 46.4 Å². The first-order valence-corrected chi connectivity index (χ1v) is 6.18. The summed E-state index contributed by atoms with van der Waals surface area (Å²) in [5.74, 6) is -1.06. The molecule has 1 aromatic heterocycles. The average molecular weight is 312 g/mol. The molecule has 1 N–H and O–H groups in total. The van der Waals surface area contributed by atoms with Gasteiger partial charge < -0.3 is 5.32 Å². The van der Waals surface area contributed by atoms with Crippen LogP contribution in [0.2, 0.25) is 0 Å². The third-order valence-electron chi connectivity index (χ3n) is 2.39. The highest BCUT2D eigenvalue weighted by atomic mass is 79.9. The van der Waals surface area contributed by atoms with Gasteiger partial charge in [-0.3, -0.25) is 9.48 Å². The van der Waals surface area contributed by atoms with Crippen molar-refractivity contribution < 1.29 is 9.18 Å². The predicted molar refractivity (Wildman–Crippen MR) is 70.0 cm³/mol. The summed E-state index contributed by atoms with van der Waals surface area (Å²) in [6.07, 6.45) is 3.22. The van der Waals surface area contributed by atoms with Gasteiger partial charge in [-0.15, -0.1) is 0 Å². The molecular weight excluding hydrogens is 301 g/mol. The van der Waals surface area contributed by atoms with E-state index in [1.165, 1.54) is 18.3 Å². The van der Waals surface area contributed by atoms with Gasteiger partial charge in [0, 0.05) is 17.2 Å². The molecule has 0 unspecified atom stereocenters. The van der Waals surface area contributed by atoms with Crippen LogP contribution in [0, 0.1) is 5.82 Å². The van der Waals surface area contributed by atoms with Gasteiger partial charge in [0.2, 0.25) is 0 Å². The monoisotopic (exact) mass is 311 g/mol. The minimum Gasteiger partial charge on any atom is -0.319 e. The Labute approximate surface area is 112 Å². The van der Waals surface area contributed by atoms with Crippen LogP contribution in [-0.2, 0) is 6.54 Å². The fourth-order valence-electron chi connectivity index (χ4n) is 1.47. The highest BCUT2D eigenvalue weighted by Gasteiger charge is 2.12. The van der Waals surface area contributed by atoms with E-state index in [9.17, 15) is 9.18 Å². The van der Waals surface area contributed by atoms with Gasteiger partial charge in [-0.05, 0) is 25.1 Å². The third kappa shape index (κ3) is 2.76. The van der Waals surface area contributed by atoms with Gasteiger partial charge in [0.25, 0.3) is 5.91 Å². The maximum Gasteiger partial charge on any atom is 0.258 e. The Morgan fingerprint density at radius 1 is 1.56 bits per heavy atom. The molecule has 1 amide bonds. The van der Waals surface area contributed by atoms with Crippen molar-refractivity contribution in [1.82, 2.24) is 9.78 Å². The summed E-state index contributed by atoms with van der Waals surface area (Å²) in [6, 6.07) is 4.30. The maximum absolute atomic E-state index is 13.6. The SMILES string of the molecule is CCn1cc(NC(=O)c2ccc(Br)cc2F)cn1. The second kappa shape index (κ2) is 5.30. The number of hydrogen-bond donors (Lipinski definition) is 1. The molecule has 0 saturated heterocycles. The highest BCUT2D eigenvalue weighted by Crippen LogP contribution is 2.16. The van der Waals surface area contributed by atoms with Crippen molar-refractivity contribution in [2.24, 2.45) is 0 Å². The predicted octanol–water partition coefficient (Wildman–Crippen LogP) is 3.06. The smallest absolute Gasteiger partial charge is 0.258 e. The lowest BCUT2D eigenvalue weighted by Crippen LogP contribution is -2.13. The first-order valence-electron chi connectivity index (χ1n) is 5.39. The molecule has 2 aromatic rings. The van der Waals surface area contributed by atoms with Crippen molar-refractivity contribution in [2.45, 2.75) is 13.5 Å². The molecule has 0 bridgehead atoms. The van der Waals surface area contributed by atoms with E-state index in [2.05, 4.69) is 26.3 Å². The lowest BCUT2D eigenvalue weighted by Gasteiger charge is -2.04. The van der Waals surface area contributed by atoms with E-state index >= 15 is 0 Å². The molecule has 0 radical (unpaired) electrons. The summed E-state index contributed by atoms with van der Waals surface area (Å²) in [5, 5.41) is 6.61. The second-order valence-electron chi connectivity index (χ2n) is 3.66. The van der Waals surface area contributed by atoms with Gasteiger partial charge >= 0.3 is 0 Å². The number of nitrogens with one attached hydrogen (secondary N) is 1. The van der Waals surface area contributed by atoms with E-state index in [0.717, 1.165) is 0 Å². The molecule has 0 spiro atoms. The van der Waals surface area contributed by atoms with Gasteiger partial charge in [0.1, 0.15) is 5.82 Å². The van der Waals surface area contributed by atoms with E-state index < -0.39 is 11.7 Å². The van der Waals surface area contributed by atoms with Gasteiger partial charge in [-0.2, -0.15) is 5.10 Å². The summed E-state index contributed by atoms with van der Waals surface area (Å²) < 4.78 is 15.8. The second-order valence-corrected chi connectivity index (χ2v) is 4.58. The summed E-state index contributed by atoms with van der Waals surface area (Å²) in [5.41, 5.74) is 0.548. The van der Waals surface area contributed by atoms with Crippen molar-refractivity contribution in [1.29, 1.82) is 0 Å². The zero-order valence-corrected chi connectivity index (χ0v) is 11.2. The van der Waals surface area contributed by atoms with Crippen molar-refractivity contribution in [3.8, 4) is 0 Å². The summed E-state index contributed by atoms with van der Waals surface area (Å²) in [7, 11) is 0. The molecule has 0 aliphatic carbocycles. The van der Waals surface area contributed by atoms with Crippen LogP contribution in [0.25, 0.3) is 0 Å². The summed E-state index contributed by atoms with van der Waals surface area (Å²) in [4.78, 5) is 11.8. The molecule has 94 valence electrons. The molecule has 0 atom stereocenters. The van der Waals surface area contributed by atoms with E-state index in [0.29, 0.717) is 16.7 Å². The number of aromatic nitrogens is 2. The fourth-order valence-corrected chi connectivity index (χ4v) is 1.81. The van der Waals surface area contributed by atoms with Gasteiger partial charge in [0.15, 0.2) is 0 Å². The number of aryl methyl sites for hydroxylation is 1. The number of benzene rings is 1. The highest BCUT2D eigenvalue weighted by molar-refractivity contribution is 9.10. The third-order valence-corrected chi connectivity index (χ3v) is 2.88. The molecule has 2 rings (SSSR count). The maximum atomic E-state index is 13.6. The largest absolute Gasteiger partial charge is 0.319 e. The number of hydrogen-bond acceptors (Lipinski definition) is 2. The molecule has 0 saturated carbocycles. The van der Waals surface area contributed by atoms with E-state index in [1.807, 2.05) is 6.92 Å². The summed E-state index contributed by atoms with van der Waals surface area (Å²) >= 11 is 3.14. The molecular formula is C12H11BrFN3O. The Bertz CT molecular complexity index is 582. The topological polar surface area (TPSA) is 46.9 Å². The average Bonchev–Trinajstić information content (AvgIpc) is 2.76. The van der Waals surface area contributed by atoms with Gasteiger partial charge in [-0.25, -0.2) is 4.39 Å². The molecule has 0 aliphatic rings. The van der Waals surface area contributed by atoms with E-state index in [-0.39, 0.29) is 5.56 Å². The Hall–Kier alpha value is -1.69. The van der Waals surface area contributed by atoms with Crippen LogP contribution in [0.5, 0.6) is 0 Å². The molecule has 0 aliphatic heterocycles. The normalized spacial score (nSPS) is 10.4. The molecule has 4 nitrogen and oxygen atoms in total. The first-order chi connectivity index (χ1) is 8.60. The lowest BCUT2D eigenvalue weighted by atomic mass is 10.2. The molecule has 18 heavy (non-hydrogen) atoms. The van der Waals surface area contributed by atoms with Crippen LogP contribution in [0.4, 0.5) is 10.1 Å². The number of rotatable bonds is 3. The number of carbonyl (C=O) groups is 1. The quantitative estimate of drug-likeness (QED) is 0.947. The lowest BCUT2D eigenvalue weighted by molar-refractivity contribution is 0.102. The van der Waals surface area contributed by atoms with Gasteiger partial charge in [-0.1, -0.05) is 15.9 Å². The van der Waals surface area contributed by atoms with Crippen LogP contribution in [0.1, 0.15) is 17.3 Å². The van der Waals surface area contributed by atoms with Crippen LogP contribution >= 0.6 is 15.9 Å². The van der Waals surface area contributed by atoms with Crippen LogP contribution in [0.3, 0.4) is 0 Å². The number of amides is 1. The minimum absolute atomic E-state index is 0.00227. The number of anilines is 1. The van der Waals surface area contributed by atoms with Crippen LogP contribution < -0.4 is 5.32 Å². The Balaban J connectivity index is 2.16. The van der Waals surface area contributed by atoms with Gasteiger partial charge in [0.05, 0.1) is 17.4 Å². The minimum atomic E-state index is -0.565. The van der Waals surface area contributed by atoms with Crippen LogP contribution in [-0.4, -0.2) is 15.7 Å². The number of halogens is 2. The number of nitrogens with zero attached hydrogens (tertiary/aromatic N) is 2. The standard InChI is InChI=1S/C12H11BrFN3O/c1-2-17-7-9(6-15-17)16-12(18)10-4-3-8(13)5-11(10)14/h3-7H,2H2,1H3,(H,16,18). The zero-order valence-electron chi connectivity index (χ0n) is 9.65. The fraction of sp³-hybridized carbons (Fsp3) is 0.167.